The van der Waals surface area contributed by atoms with Crippen molar-refractivity contribution in [2.75, 3.05) is 22.0 Å². The number of hydrogen-bond donors (Lipinski definition) is 2. The number of amides is 2. The molecule has 9 nitrogen and oxygen atoms in total. The molecule has 230 valence electrons. The summed E-state index contributed by atoms with van der Waals surface area (Å²) >= 11 is 1.06. The summed E-state index contributed by atoms with van der Waals surface area (Å²) in [6, 6.07) is 29.2. The highest BCUT2D eigenvalue weighted by Crippen LogP contribution is 2.38. The lowest BCUT2D eigenvalue weighted by Gasteiger charge is -2.15. The van der Waals surface area contributed by atoms with Gasteiger partial charge in [-0.15, -0.1) is 0 Å². The van der Waals surface area contributed by atoms with E-state index in [9.17, 15) is 22.8 Å². The molecule has 0 atom stereocenters. The highest BCUT2D eigenvalue weighted by atomic mass is 32.2. The molecule has 2 amide bonds. The number of benzene rings is 4. The SMILES string of the molecule is COC(=O)c1ccccc1CS(=O)(=O)Nc1cccc(SC2=C(Nc3ccc(C(C)C)cc3)C(=O)N(c3ccccc3)C2=O)c1. The van der Waals surface area contributed by atoms with Crippen molar-refractivity contribution in [1.29, 1.82) is 0 Å². The molecule has 2 N–H and O–H groups in total. The molecule has 1 heterocycles. The van der Waals surface area contributed by atoms with Gasteiger partial charge in [0.1, 0.15) is 10.6 Å². The molecule has 1 aliphatic heterocycles. The number of sulfonamides is 1. The largest absolute Gasteiger partial charge is 0.465 e. The first-order valence-electron chi connectivity index (χ1n) is 14.1. The molecule has 0 saturated heterocycles. The van der Waals surface area contributed by atoms with Gasteiger partial charge in [-0.25, -0.2) is 18.1 Å². The zero-order valence-corrected chi connectivity index (χ0v) is 26.4. The number of methoxy groups -OCH3 is 1. The number of nitrogens with one attached hydrogen (secondary N) is 2. The Labute approximate surface area is 266 Å². The summed E-state index contributed by atoms with van der Waals surface area (Å²) in [4.78, 5) is 41.4. The van der Waals surface area contributed by atoms with Gasteiger partial charge in [-0.2, -0.15) is 0 Å². The molecule has 0 fully saturated rings. The number of esters is 1. The second-order valence-electron chi connectivity index (χ2n) is 10.5. The molecule has 0 spiro atoms. The van der Waals surface area contributed by atoms with Gasteiger partial charge in [0.25, 0.3) is 11.8 Å². The Morgan fingerprint density at radius 3 is 2.22 bits per heavy atom. The number of anilines is 3. The monoisotopic (exact) mass is 641 g/mol. The molecule has 0 radical (unpaired) electrons. The summed E-state index contributed by atoms with van der Waals surface area (Å²) in [7, 11) is -2.71. The Kier molecular flexibility index (Phi) is 9.40. The third-order valence-corrected chi connectivity index (χ3v) is 9.31. The van der Waals surface area contributed by atoms with E-state index < -0.39 is 33.6 Å². The van der Waals surface area contributed by atoms with E-state index in [-0.39, 0.29) is 21.9 Å². The first-order valence-corrected chi connectivity index (χ1v) is 16.5. The van der Waals surface area contributed by atoms with Crippen LogP contribution in [-0.4, -0.2) is 33.3 Å². The van der Waals surface area contributed by atoms with Crippen LogP contribution in [0.2, 0.25) is 0 Å². The summed E-state index contributed by atoms with van der Waals surface area (Å²) < 4.78 is 33.5. The Balaban J connectivity index is 1.42. The highest BCUT2D eigenvalue weighted by molar-refractivity contribution is 8.04. The number of ether oxygens (including phenoxy) is 1. The number of carbonyl (C=O) groups excluding carboxylic acids is 3. The Morgan fingerprint density at radius 1 is 0.844 bits per heavy atom. The number of carbonyl (C=O) groups is 3. The molecule has 45 heavy (non-hydrogen) atoms. The van der Waals surface area contributed by atoms with Crippen molar-refractivity contribution in [3.05, 3.63) is 130 Å². The number of nitrogens with zero attached hydrogens (tertiary/aromatic N) is 1. The van der Waals surface area contributed by atoms with Gasteiger partial charge in [0.05, 0.1) is 24.1 Å². The molecule has 4 aromatic rings. The van der Waals surface area contributed by atoms with Crippen LogP contribution in [0.1, 0.15) is 41.3 Å². The second-order valence-corrected chi connectivity index (χ2v) is 13.3. The Bertz CT molecular complexity index is 1890. The van der Waals surface area contributed by atoms with Crippen LogP contribution in [0.3, 0.4) is 0 Å². The van der Waals surface area contributed by atoms with E-state index in [1.165, 1.54) is 13.2 Å². The summed E-state index contributed by atoms with van der Waals surface area (Å²) in [5.41, 5.74) is 3.05. The minimum Gasteiger partial charge on any atom is -0.465 e. The lowest BCUT2D eigenvalue weighted by Crippen LogP contribution is -2.32. The van der Waals surface area contributed by atoms with Gasteiger partial charge < -0.3 is 10.1 Å². The molecule has 5 rings (SSSR count). The van der Waals surface area contributed by atoms with Crippen molar-refractivity contribution in [1.82, 2.24) is 0 Å². The first-order chi connectivity index (χ1) is 21.6. The summed E-state index contributed by atoms with van der Waals surface area (Å²) in [6.45, 7) is 4.18. The minimum atomic E-state index is -3.94. The average molecular weight is 642 g/mol. The molecule has 11 heteroatoms. The zero-order valence-electron chi connectivity index (χ0n) is 24.8. The van der Waals surface area contributed by atoms with Crippen molar-refractivity contribution in [3.63, 3.8) is 0 Å². The van der Waals surface area contributed by atoms with Crippen LogP contribution in [0.25, 0.3) is 0 Å². The third kappa shape index (κ3) is 7.27. The lowest BCUT2D eigenvalue weighted by atomic mass is 10.0. The maximum Gasteiger partial charge on any atom is 0.338 e. The van der Waals surface area contributed by atoms with Crippen LogP contribution in [0.4, 0.5) is 17.1 Å². The molecule has 0 saturated carbocycles. The van der Waals surface area contributed by atoms with Gasteiger partial charge in [-0.05, 0) is 65.6 Å². The topological polar surface area (TPSA) is 122 Å². The second kappa shape index (κ2) is 13.4. The van der Waals surface area contributed by atoms with Gasteiger partial charge in [-0.3, -0.25) is 14.3 Å². The Hall–Kier alpha value is -4.87. The Morgan fingerprint density at radius 2 is 1.53 bits per heavy atom. The number of imide groups is 1. The normalized spacial score (nSPS) is 13.4. The first kappa shape index (κ1) is 31.6. The highest BCUT2D eigenvalue weighted by Gasteiger charge is 2.40. The van der Waals surface area contributed by atoms with Crippen molar-refractivity contribution >= 4 is 56.6 Å². The number of thioether (sulfide) groups is 1. The third-order valence-electron chi connectivity index (χ3n) is 7.00. The van der Waals surface area contributed by atoms with Crippen LogP contribution < -0.4 is 14.9 Å². The zero-order chi connectivity index (χ0) is 32.1. The van der Waals surface area contributed by atoms with Crippen LogP contribution in [-0.2, 0) is 30.1 Å². The molecule has 1 aliphatic rings. The van der Waals surface area contributed by atoms with Crippen molar-refractivity contribution in [2.45, 2.75) is 30.4 Å². The quantitative estimate of drug-likeness (QED) is 0.140. The van der Waals surface area contributed by atoms with E-state index in [0.29, 0.717) is 27.8 Å². The fraction of sp³-hybridized carbons (Fsp3) is 0.147. The molecule has 0 aromatic heterocycles. The van der Waals surface area contributed by atoms with Crippen molar-refractivity contribution in [2.24, 2.45) is 0 Å². The summed E-state index contributed by atoms with van der Waals surface area (Å²) in [5, 5.41) is 3.15. The maximum atomic E-state index is 13.7. The number of rotatable bonds is 11. The van der Waals surface area contributed by atoms with Gasteiger partial charge in [0, 0.05) is 16.3 Å². The molecular weight excluding hydrogens is 611 g/mol. The lowest BCUT2D eigenvalue weighted by molar-refractivity contribution is -0.120. The van der Waals surface area contributed by atoms with Gasteiger partial charge in [-0.1, -0.05) is 80.2 Å². The van der Waals surface area contributed by atoms with Gasteiger partial charge >= 0.3 is 5.97 Å². The molecular formula is C34H31N3O6S2. The predicted octanol–water partition coefficient (Wildman–Crippen LogP) is 6.53. The summed E-state index contributed by atoms with van der Waals surface area (Å²) in [6.07, 6.45) is 0. The minimum absolute atomic E-state index is 0.122. The van der Waals surface area contributed by atoms with Crippen molar-refractivity contribution in [3.8, 4) is 0 Å². The van der Waals surface area contributed by atoms with Crippen LogP contribution in [0.15, 0.2) is 119 Å². The number of hydrogen-bond acceptors (Lipinski definition) is 8. The molecule has 0 unspecified atom stereocenters. The van der Waals surface area contributed by atoms with E-state index in [0.717, 1.165) is 22.2 Å². The smallest absolute Gasteiger partial charge is 0.338 e. The van der Waals surface area contributed by atoms with Gasteiger partial charge in [0.15, 0.2) is 0 Å². The van der Waals surface area contributed by atoms with Gasteiger partial charge in [0.2, 0.25) is 10.0 Å². The average Bonchev–Trinajstić information content (AvgIpc) is 3.25. The maximum absolute atomic E-state index is 13.7. The van der Waals surface area contributed by atoms with E-state index in [4.69, 9.17) is 4.74 Å². The van der Waals surface area contributed by atoms with Crippen LogP contribution in [0.5, 0.6) is 0 Å². The van der Waals surface area contributed by atoms with Crippen LogP contribution >= 0.6 is 11.8 Å². The van der Waals surface area contributed by atoms with E-state index >= 15 is 0 Å². The van der Waals surface area contributed by atoms with E-state index in [2.05, 4.69) is 23.9 Å². The summed E-state index contributed by atoms with van der Waals surface area (Å²) in [5.74, 6) is -1.75. The molecule has 0 aliphatic carbocycles. The molecule has 4 aromatic carbocycles. The fourth-order valence-corrected chi connectivity index (χ4v) is 6.94. The molecule has 0 bridgehead atoms. The van der Waals surface area contributed by atoms with E-state index in [1.54, 1.807) is 72.8 Å². The van der Waals surface area contributed by atoms with Crippen LogP contribution in [0, 0.1) is 0 Å². The predicted molar refractivity (Wildman–Crippen MR) is 176 cm³/mol. The standard InChI is InChI=1S/C34H31N3O6S2/c1-22(2)23-16-18-25(19-17-23)35-30-31(33(39)37(32(30)38)27-12-5-4-6-13-27)44-28-14-9-11-26(20-28)36-45(41,42)21-24-10-7-8-15-29(24)34(40)43-3/h4-20,22,35-36H,21H2,1-3H3. The van der Waals surface area contributed by atoms with E-state index in [1.807, 2.05) is 24.3 Å². The number of para-hydroxylation sites is 1. The fourth-order valence-electron chi connectivity index (χ4n) is 4.74. The van der Waals surface area contributed by atoms with Crippen molar-refractivity contribution < 1.29 is 27.5 Å².